The van der Waals surface area contributed by atoms with Gasteiger partial charge in [-0.3, -0.25) is 14.9 Å². The highest BCUT2D eigenvalue weighted by Gasteiger charge is 2.15. The van der Waals surface area contributed by atoms with E-state index in [1.165, 1.54) is 24.3 Å². The van der Waals surface area contributed by atoms with Gasteiger partial charge in [-0.1, -0.05) is 6.07 Å². The van der Waals surface area contributed by atoms with Gasteiger partial charge in [-0.05, 0) is 37.3 Å². The minimum Gasteiger partial charge on any atom is -0.481 e. The average molecular weight is 311 g/mol. The van der Waals surface area contributed by atoms with Crippen molar-refractivity contribution in [3.05, 3.63) is 64.2 Å². The number of nitrogens with one attached hydrogen (secondary N) is 1. The highest BCUT2D eigenvalue weighted by Crippen LogP contribution is 2.19. The van der Waals surface area contributed by atoms with Crippen LogP contribution in [0.4, 0.5) is 11.4 Å². The number of nitro groups is 1. The second-order valence-corrected chi connectivity index (χ2v) is 4.69. The summed E-state index contributed by atoms with van der Waals surface area (Å²) in [4.78, 5) is 22.1. The van der Waals surface area contributed by atoms with Crippen molar-refractivity contribution in [3.63, 3.8) is 0 Å². The first kappa shape index (κ1) is 16.0. The summed E-state index contributed by atoms with van der Waals surface area (Å²) in [5, 5.41) is 22.0. The van der Waals surface area contributed by atoms with Gasteiger partial charge in [0.05, 0.1) is 16.6 Å². The second kappa shape index (κ2) is 7.04. The molecule has 7 heteroatoms. The van der Waals surface area contributed by atoms with Crippen LogP contribution < -0.4 is 10.1 Å². The largest absolute Gasteiger partial charge is 0.481 e. The van der Waals surface area contributed by atoms with E-state index in [2.05, 4.69) is 5.32 Å². The Morgan fingerprint density at radius 3 is 2.61 bits per heavy atom. The van der Waals surface area contributed by atoms with Crippen LogP contribution in [-0.4, -0.2) is 16.9 Å². The zero-order chi connectivity index (χ0) is 16.8. The van der Waals surface area contributed by atoms with Gasteiger partial charge in [0, 0.05) is 17.8 Å². The molecule has 0 radical (unpaired) electrons. The second-order valence-electron chi connectivity index (χ2n) is 4.69. The van der Waals surface area contributed by atoms with Crippen LogP contribution in [0.15, 0.2) is 48.5 Å². The highest BCUT2D eigenvalue weighted by molar-refractivity contribution is 5.94. The number of amides is 1. The monoisotopic (exact) mass is 311 g/mol. The highest BCUT2D eigenvalue weighted by atomic mass is 16.6. The van der Waals surface area contributed by atoms with Crippen molar-refractivity contribution in [1.29, 1.82) is 5.26 Å². The number of hydrogen-bond donors (Lipinski definition) is 1. The third kappa shape index (κ3) is 4.28. The Bertz CT molecular complexity index is 766. The first-order chi connectivity index (χ1) is 11.0. The van der Waals surface area contributed by atoms with Gasteiger partial charge in [0.2, 0.25) is 0 Å². The Hall–Kier alpha value is -3.40. The number of ether oxygens (including phenoxy) is 1. The number of carbonyl (C=O) groups excluding carboxylic acids is 1. The van der Waals surface area contributed by atoms with Crippen LogP contribution in [0, 0.1) is 21.4 Å². The Kier molecular flexibility index (Phi) is 4.89. The topological polar surface area (TPSA) is 105 Å². The SMILES string of the molecule is C[C@@H](Oc1ccc([N+](=O)[O-])cc1)C(=O)Nc1cccc(C#N)c1. The lowest BCUT2D eigenvalue weighted by Gasteiger charge is -2.14. The molecule has 0 aliphatic carbocycles. The number of non-ortho nitro benzene ring substituents is 1. The third-order valence-electron chi connectivity index (χ3n) is 2.99. The van der Waals surface area contributed by atoms with E-state index < -0.39 is 16.9 Å². The Morgan fingerprint density at radius 1 is 1.30 bits per heavy atom. The first-order valence-corrected chi connectivity index (χ1v) is 6.72. The molecular weight excluding hydrogens is 298 g/mol. The zero-order valence-corrected chi connectivity index (χ0v) is 12.2. The summed E-state index contributed by atoms with van der Waals surface area (Å²) in [6.45, 7) is 1.56. The summed E-state index contributed by atoms with van der Waals surface area (Å²) in [5.74, 6) is -0.0394. The van der Waals surface area contributed by atoms with Crippen LogP contribution in [0.5, 0.6) is 5.75 Å². The van der Waals surface area contributed by atoms with Crippen LogP contribution in [0.25, 0.3) is 0 Å². The average Bonchev–Trinajstić information content (AvgIpc) is 2.55. The summed E-state index contributed by atoms with van der Waals surface area (Å²) >= 11 is 0. The third-order valence-corrected chi connectivity index (χ3v) is 2.99. The van der Waals surface area contributed by atoms with Crippen LogP contribution in [0.2, 0.25) is 0 Å². The number of carbonyl (C=O) groups is 1. The molecule has 2 aromatic carbocycles. The molecule has 0 saturated carbocycles. The van der Waals surface area contributed by atoms with E-state index in [1.807, 2.05) is 6.07 Å². The predicted octanol–water partition coefficient (Wildman–Crippen LogP) is 2.87. The van der Waals surface area contributed by atoms with E-state index in [9.17, 15) is 14.9 Å². The van der Waals surface area contributed by atoms with E-state index in [-0.39, 0.29) is 5.69 Å². The fourth-order valence-electron chi connectivity index (χ4n) is 1.81. The fraction of sp³-hybridized carbons (Fsp3) is 0.125. The molecule has 0 bridgehead atoms. The van der Waals surface area contributed by atoms with Gasteiger partial charge in [-0.25, -0.2) is 0 Å². The minimum absolute atomic E-state index is 0.0530. The molecule has 1 N–H and O–H groups in total. The van der Waals surface area contributed by atoms with E-state index in [4.69, 9.17) is 10.00 Å². The van der Waals surface area contributed by atoms with E-state index in [0.717, 1.165) is 0 Å². The summed E-state index contributed by atoms with van der Waals surface area (Å²) in [6.07, 6.45) is -0.804. The molecule has 23 heavy (non-hydrogen) atoms. The van der Waals surface area contributed by atoms with Crippen LogP contribution in [0.1, 0.15) is 12.5 Å². The molecule has 0 fully saturated rings. The molecule has 7 nitrogen and oxygen atoms in total. The van der Waals surface area contributed by atoms with Gasteiger partial charge in [-0.2, -0.15) is 5.26 Å². The number of nitriles is 1. The standard InChI is InChI=1S/C16H13N3O4/c1-11(23-15-7-5-14(6-8-15)19(21)22)16(20)18-13-4-2-3-12(9-13)10-17/h2-9,11H,1H3,(H,18,20)/t11-/m1/s1. The van der Waals surface area contributed by atoms with Crippen molar-refractivity contribution < 1.29 is 14.5 Å². The Labute approximate surface area is 132 Å². The molecule has 0 aliphatic heterocycles. The number of nitro benzene ring substituents is 1. The van der Waals surface area contributed by atoms with Gasteiger partial charge in [-0.15, -0.1) is 0 Å². The zero-order valence-electron chi connectivity index (χ0n) is 12.2. The first-order valence-electron chi connectivity index (χ1n) is 6.72. The van der Waals surface area contributed by atoms with E-state index in [1.54, 1.807) is 31.2 Å². The molecule has 0 unspecified atom stereocenters. The van der Waals surface area contributed by atoms with Crippen LogP contribution >= 0.6 is 0 Å². The fourth-order valence-corrected chi connectivity index (χ4v) is 1.81. The maximum Gasteiger partial charge on any atom is 0.269 e. The summed E-state index contributed by atoms with van der Waals surface area (Å²) in [5.41, 5.74) is 0.878. The van der Waals surface area contributed by atoms with Crippen LogP contribution in [0.3, 0.4) is 0 Å². The minimum atomic E-state index is -0.804. The summed E-state index contributed by atoms with van der Waals surface area (Å²) in [7, 11) is 0. The maximum atomic E-state index is 12.1. The van der Waals surface area contributed by atoms with Gasteiger partial charge >= 0.3 is 0 Å². The van der Waals surface area contributed by atoms with Gasteiger partial charge in [0.1, 0.15) is 5.75 Å². The molecule has 2 aromatic rings. The lowest BCUT2D eigenvalue weighted by atomic mass is 10.2. The van der Waals surface area contributed by atoms with Gasteiger partial charge < -0.3 is 10.1 Å². The van der Waals surface area contributed by atoms with E-state index in [0.29, 0.717) is 17.0 Å². The van der Waals surface area contributed by atoms with Crippen molar-refractivity contribution >= 4 is 17.3 Å². The molecule has 116 valence electrons. The Balaban J connectivity index is 1.99. The predicted molar refractivity (Wildman–Crippen MR) is 83.0 cm³/mol. The van der Waals surface area contributed by atoms with Crippen molar-refractivity contribution in [2.75, 3.05) is 5.32 Å². The molecule has 0 spiro atoms. The van der Waals surface area contributed by atoms with Crippen molar-refractivity contribution in [2.24, 2.45) is 0 Å². The molecule has 0 saturated heterocycles. The quantitative estimate of drug-likeness (QED) is 0.675. The maximum absolute atomic E-state index is 12.1. The number of rotatable bonds is 5. The lowest BCUT2D eigenvalue weighted by molar-refractivity contribution is -0.384. The number of benzene rings is 2. The van der Waals surface area contributed by atoms with Crippen molar-refractivity contribution in [3.8, 4) is 11.8 Å². The van der Waals surface area contributed by atoms with Crippen molar-refractivity contribution in [2.45, 2.75) is 13.0 Å². The van der Waals surface area contributed by atoms with Crippen molar-refractivity contribution in [1.82, 2.24) is 0 Å². The molecule has 1 atom stereocenters. The number of hydrogen-bond acceptors (Lipinski definition) is 5. The molecule has 2 rings (SSSR count). The molecular formula is C16H13N3O4. The van der Waals surface area contributed by atoms with Gasteiger partial charge in [0.25, 0.3) is 11.6 Å². The lowest BCUT2D eigenvalue weighted by Crippen LogP contribution is -2.30. The van der Waals surface area contributed by atoms with Crippen LogP contribution in [-0.2, 0) is 4.79 Å². The Morgan fingerprint density at radius 2 is 2.00 bits per heavy atom. The van der Waals surface area contributed by atoms with E-state index >= 15 is 0 Å². The molecule has 0 aromatic heterocycles. The normalized spacial score (nSPS) is 11.1. The molecule has 0 heterocycles. The van der Waals surface area contributed by atoms with Gasteiger partial charge in [0.15, 0.2) is 6.10 Å². The number of anilines is 1. The molecule has 0 aliphatic rings. The number of nitrogens with zero attached hydrogens (tertiary/aromatic N) is 2. The smallest absolute Gasteiger partial charge is 0.269 e. The summed E-state index contributed by atoms with van der Waals surface area (Å²) in [6, 6.07) is 14.0. The summed E-state index contributed by atoms with van der Waals surface area (Å²) < 4.78 is 5.44. The molecule has 1 amide bonds.